The third-order valence-electron chi connectivity index (χ3n) is 8.97. The van der Waals surface area contributed by atoms with Crippen LogP contribution in [0, 0.1) is 5.92 Å². The van der Waals surface area contributed by atoms with Crippen LogP contribution in [0.2, 0.25) is 5.02 Å². The molecular formula is C36H44ClN3O5. The zero-order valence-electron chi connectivity index (χ0n) is 26.8. The van der Waals surface area contributed by atoms with E-state index >= 15 is 0 Å². The van der Waals surface area contributed by atoms with E-state index in [1.807, 2.05) is 98.2 Å². The number of nitrogens with zero attached hydrogens (tertiary/aromatic N) is 2. The molecule has 2 aliphatic rings. The van der Waals surface area contributed by atoms with E-state index in [0.717, 1.165) is 34.4 Å². The first-order chi connectivity index (χ1) is 21.5. The van der Waals surface area contributed by atoms with Gasteiger partial charge in [-0.05, 0) is 105 Å². The highest BCUT2D eigenvalue weighted by Gasteiger charge is 2.39. The normalized spacial score (nSPS) is 18.4. The number of rotatable bonds is 9. The molecule has 3 amide bonds. The molecule has 0 saturated carbocycles. The lowest BCUT2D eigenvalue weighted by molar-refractivity contribution is -0.118. The minimum Gasteiger partial charge on any atom is -0.493 e. The van der Waals surface area contributed by atoms with Crippen molar-refractivity contribution in [3.8, 4) is 11.5 Å². The summed E-state index contributed by atoms with van der Waals surface area (Å²) in [5, 5.41) is 15.3. The molecule has 3 aromatic carbocycles. The van der Waals surface area contributed by atoms with Gasteiger partial charge in [0.1, 0.15) is 0 Å². The van der Waals surface area contributed by atoms with Gasteiger partial charge in [0, 0.05) is 30.3 Å². The summed E-state index contributed by atoms with van der Waals surface area (Å²) in [4.78, 5) is 30.0. The summed E-state index contributed by atoms with van der Waals surface area (Å²) >= 11 is 6.26. The maximum Gasteiger partial charge on any atom is 0.317 e. The monoisotopic (exact) mass is 633 g/mol. The lowest BCUT2D eigenvalue weighted by atomic mass is 9.77. The molecule has 2 N–H and O–H groups in total. The number of amides is 3. The number of nitrogens with one attached hydrogen (secondary N) is 1. The molecule has 45 heavy (non-hydrogen) atoms. The number of halogens is 1. The highest BCUT2D eigenvalue weighted by molar-refractivity contribution is 6.30. The van der Waals surface area contributed by atoms with E-state index in [2.05, 4.69) is 5.32 Å². The molecule has 8 nitrogen and oxygen atoms in total. The van der Waals surface area contributed by atoms with Gasteiger partial charge in [0.25, 0.3) is 0 Å². The highest BCUT2D eigenvalue weighted by Crippen LogP contribution is 2.44. The summed E-state index contributed by atoms with van der Waals surface area (Å²) in [5.41, 5.74) is 3.19. The fraction of sp³-hybridized carbons (Fsp3) is 0.444. The van der Waals surface area contributed by atoms with Gasteiger partial charge in [-0.25, -0.2) is 4.79 Å². The van der Waals surface area contributed by atoms with Gasteiger partial charge < -0.3 is 29.7 Å². The molecule has 3 aromatic rings. The van der Waals surface area contributed by atoms with Crippen molar-refractivity contribution in [2.75, 3.05) is 31.6 Å². The molecule has 2 aliphatic heterocycles. The summed E-state index contributed by atoms with van der Waals surface area (Å²) in [6.45, 7) is 9.68. The number of likely N-dealkylation sites (tertiary alicyclic amines) is 1. The molecule has 5 rings (SSSR count). The van der Waals surface area contributed by atoms with Gasteiger partial charge in [0.2, 0.25) is 5.91 Å². The lowest BCUT2D eigenvalue weighted by Crippen LogP contribution is -2.47. The van der Waals surface area contributed by atoms with Crippen LogP contribution < -0.4 is 19.7 Å². The maximum absolute atomic E-state index is 13.9. The smallest absolute Gasteiger partial charge is 0.317 e. The molecule has 240 valence electrons. The van der Waals surface area contributed by atoms with E-state index in [9.17, 15) is 14.7 Å². The number of ether oxygens (including phenoxy) is 2. The topological polar surface area (TPSA) is 91.3 Å². The van der Waals surface area contributed by atoms with Crippen LogP contribution in [0.15, 0.2) is 60.7 Å². The summed E-state index contributed by atoms with van der Waals surface area (Å²) < 4.78 is 11.7. The number of piperidine rings is 1. The Labute approximate surface area is 271 Å². The van der Waals surface area contributed by atoms with E-state index in [-0.39, 0.29) is 30.4 Å². The van der Waals surface area contributed by atoms with E-state index in [1.165, 1.54) is 0 Å². The first-order valence-electron chi connectivity index (χ1n) is 15.8. The number of methoxy groups -OCH3 is 1. The second kappa shape index (κ2) is 13.7. The SMILES string of the molecule is CCCNC(=O)N1CCC(C(C)(O)c2ccc(N3C(=O)Cc4cc(OC)c(OC(C)C)cc4[C@@H]3c3ccc(Cl)cc3)cc2)CC1. The molecule has 1 fully saturated rings. The van der Waals surface area contributed by atoms with Crippen LogP contribution in [-0.4, -0.2) is 54.8 Å². The predicted octanol–water partition coefficient (Wildman–Crippen LogP) is 6.85. The number of fused-ring (bicyclic) bond motifs is 1. The first-order valence-corrected chi connectivity index (χ1v) is 16.2. The van der Waals surface area contributed by atoms with Crippen molar-refractivity contribution in [3.63, 3.8) is 0 Å². The summed E-state index contributed by atoms with van der Waals surface area (Å²) in [7, 11) is 1.60. The number of urea groups is 1. The predicted molar refractivity (Wildman–Crippen MR) is 177 cm³/mol. The maximum atomic E-state index is 13.9. The molecule has 9 heteroatoms. The number of anilines is 1. The Hall–Kier alpha value is -3.75. The van der Waals surface area contributed by atoms with Crippen LogP contribution in [0.1, 0.15) is 75.3 Å². The summed E-state index contributed by atoms with van der Waals surface area (Å²) in [5.74, 6) is 1.17. The van der Waals surface area contributed by atoms with Crippen LogP contribution in [0.3, 0.4) is 0 Å². The number of carbonyl (C=O) groups is 2. The van der Waals surface area contributed by atoms with Gasteiger partial charge in [0.05, 0.1) is 31.3 Å². The lowest BCUT2D eigenvalue weighted by Gasteiger charge is -2.40. The number of hydrogen-bond acceptors (Lipinski definition) is 5. The van der Waals surface area contributed by atoms with E-state index < -0.39 is 11.6 Å². The molecule has 2 atom stereocenters. The van der Waals surface area contributed by atoms with Crippen LogP contribution >= 0.6 is 11.6 Å². The van der Waals surface area contributed by atoms with Crippen molar-refractivity contribution in [1.82, 2.24) is 10.2 Å². The molecule has 0 bridgehead atoms. The Balaban J connectivity index is 1.45. The minimum atomic E-state index is -1.09. The van der Waals surface area contributed by atoms with Crippen molar-refractivity contribution < 1.29 is 24.2 Å². The number of benzene rings is 3. The van der Waals surface area contributed by atoms with Crippen molar-refractivity contribution in [1.29, 1.82) is 0 Å². The second-order valence-corrected chi connectivity index (χ2v) is 12.9. The fourth-order valence-electron chi connectivity index (χ4n) is 6.51. The highest BCUT2D eigenvalue weighted by atomic mass is 35.5. The Morgan fingerprint density at radius 3 is 2.33 bits per heavy atom. The average Bonchev–Trinajstić information content (AvgIpc) is 3.03. The zero-order chi connectivity index (χ0) is 32.3. The largest absolute Gasteiger partial charge is 0.493 e. The van der Waals surface area contributed by atoms with Crippen molar-refractivity contribution >= 4 is 29.2 Å². The van der Waals surface area contributed by atoms with Gasteiger partial charge >= 0.3 is 6.03 Å². The van der Waals surface area contributed by atoms with Crippen molar-refractivity contribution in [2.24, 2.45) is 5.92 Å². The van der Waals surface area contributed by atoms with Gasteiger partial charge in [-0.15, -0.1) is 0 Å². The van der Waals surface area contributed by atoms with Gasteiger partial charge in [-0.2, -0.15) is 0 Å². The third-order valence-corrected chi connectivity index (χ3v) is 9.22. The van der Waals surface area contributed by atoms with E-state index in [4.69, 9.17) is 21.1 Å². The molecule has 0 spiro atoms. The van der Waals surface area contributed by atoms with Crippen LogP contribution in [0.25, 0.3) is 0 Å². The van der Waals surface area contributed by atoms with Crippen LogP contribution in [-0.2, 0) is 16.8 Å². The molecular weight excluding hydrogens is 590 g/mol. The molecule has 0 radical (unpaired) electrons. The summed E-state index contributed by atoms with van der Waals surface area (Å²) in [6.07, 6.45) is 2.46. The third kappa shape index (κ3) is 6.92. The minimum absolute atomic E-state index is 0.00162. The molecule has 0 aromatic heterocycles. The van der Waals surface area contributed by atoms with E-state index in [1.54, 1.807) is 7.11 Å². The van der Waals surface area contributed by atoms with Crippen molar-refractivity contribution in [2.45, 2.75) is 71.1 Å². The second-order valence-electron chi connectivity index (χ2n) is 12.5. The Kier molecular flexibility index (Phi) is 9.94. The quantitative estimate of drug-likeness (QED) is 0.269. The Bertz CT molecular complexity index is 1500. The van der Waals surface area contributed by atoms with Gasteiger partial charge in [-0.1, -0.05) is 42.8 Å². The standard InChI is InChI=1S/C36H44ClN3O5/c1-6-17-38-35(42)39-18-15-27(16-19-39)36(4,43)26-9-13-29(14-10-26)40-33(41)21-25-20-31(44-5)32(45-23(2)3)22-30(25)34(40)24-7-11-28(37)12-8-24/h7-14,20,22-23,27,34,43H,6,15-19,21H2,1-5H3,(H,38,42)/t34-,36?/m0/s1. The Morgan fingerprint density at radius 2 is 1.73 bits per heavy atom. The van der Waals surface area contributed by atoms with E-state index in [0.29, 0.717) is 49.0 Å². The molecule has 1 unspecified atom stereocenters. The number of aliphatic hydroxyl groups is 1. The van der Waals surface area contributed by atoms with Crippen LogP contribution in [0.5, 0.6) is 11.5 Å². The number of carbonyl (C=O) groups excluding carboxylic acids is 2. The Morgan fingerprint density at radius 1 is 1.07 bits per heavy atom. The first kappa shape index (κ1) is 32.6. The van der Waals surface area contributed by atoms with Gasteiger partial charge in [0.15, 0.2) is 11.5 Å². The zero-order valence-corrected chi connectivity index (χ0v) is 27.6. The van der Waals surface area contributed by atoms with Crippen molar-refractivity contribution in [3.05, 3.63) is 87.9 Å². The fourth-order valence-corrected chi connectivity index (χ4v) is 6.64. The van der Waals surface area contributed by atoms with Crippen LogP contribution in [0.4, 0.5) is 10.5 Å². The molecule has 1 saturated heterocycles. The molecule has 0 aliphatic carbocycles. The average molecular weight is 634 g/mol. The molecule has 2 heterocycles. The summed E-state index contributed by atoms with van der Waals surface area (Å²) in [6, 6.07) is 18.7. The van der Waals surface area contributed by atoms with Gasteiger partial charge in [-0.3, -0.25) is 4.79 Å². The number of hydrogen-bond donors (Lipinski definition) is 2.